The smallest absolute Gasteiger partial charge is 0.285 e. The van der Waals surface area contributed by atoms with Crippen LogP contribution in [0.3, 0.4) is 0 Å². The van der Waals surface area contributed by atoms with Gasteiger partial charge in [0.25, 0.3) is 11.6 Å². The number of carbonyl (C=O) groups excluding carboxylic acids is 1. The average molecular weight is 281 g/mol. The quantitative estimate of drug-likeness (QED) is 0.674. The highest BCUT2D eigenvalue weighted by atomic mass is 19.1. The second kappa shape index (κ2) is 5.96. The molecule has 1 aromatic carbocycles. The summed E-state index contributed by atoms with van der Waals surface area (Å²) in [5.41, 5.74) is -0.562. The first-order valence-electron chi connectivity index (χ1n) is 6.42. The Balaban J connectivity index is 2.26. The van der Waals surface area contributed by atoms with Gasteiger partial charge >= 0.3 is 0 Å². The second-order valence-electron chi connectivity index (χ2n) is 4.82. The minimum Gasteiger partial charge on any atom is -0.338 e. The zero-order valence-electron chi connectivity index (χ0n) is 11.1. The molecule has 1 amide bonds. The van der Waals surface area contributed by atoms with Crippen LogP contribution < -0.4 is 5.32 Å². The predicted octanol–water partition coefficient (Wildman–Crippen LogP) is 1.56. The van der Waals surface area contributed by atoms with Crippen molar-refractivity contribution >= 4 is 11.6 Å². The Morgan fingerprint density at radius 2 is 2.10 bits per heavy atom. The van der Waals surface area contributed by atoms with E-state index in [4.69, 9.17) is 0 Å². The van der Waals surface area contributed by atoms with Gasteiger partial charge in [-0.15, -0.1) is 0 Å². The summed E-state index contributed by atoms with van der Waals surface area (Å²) in [5.74, 6) is -1.17. The van der Waals surface area contributed by atoms with Crippen molar-refractivity contribution in [2.45, 2.75) is 18.9 Å². The highest BCUT2D eigenvalue weighted by Crippen LogP contribution is 2.23. The van der Waals surface area contributed by atoms with Crippen LogP contribution in [0.1, 0.15) is 23.2 Å². The summed E-state index contributed by atoms with van der Waals surface area (Å²) < 4.78 is 13.1. The number of hydrogen-bond donors (Lipinski definition) is 1. The normalized spacial score (nSPS) is 15.9. The third-order valence-electron chi connectivity index (χ3n) is 3.56. The van der Waals surface area contributed by atoms with E-state index in [2.05, 4.69) is 5.32 Å². The van der Waals surface area contributed by atoms with Crippen molar-refractivity contribution in [3.05, 3.63) is 39.7 Å². The molecular formula is C13H16FN3O3. The third kappa shape index (κ3) is 2.93. The molecule has 0 spiro atoms. The first-order valence-corrected chi connectivity index (χ1v) is 6.42. The lowest BCUT2D eigenvalue weighted by Gasteiger charge is -2.31. The molecule has 0 unspecified atom stereocenters. The molecule has 1 fully saturated rings. The molecule has 0 saturated carbocycles. The fraction of sp³-hybridized carbons (Fsp3) is 0.462. The minimum atomic E-state index is -0.730. The van der Waals surface area contributed by atoms with Crippen molar-refractivity contribution in [1.29, 1.82) is 0 Å². The van der Waals surface area contributed by atoms with Gasteiger partial charge in [-0.25, -0.2) is 4.39 Å². The van der Waals surface area contributed by atoms with E-state index in [0.717, 1.165) is 38.1 Å². The van der Waals surface area contributed by atoms with Gasteiger partial charge in [-0.2, -0.15) is 0 Å². The monoisotopic (exact) mass is 281 g/mol. The summed E-state index contributed by atoms with van der Waals surface area (Å²) in [7, 11) is 1.63. The van der Waals surface area contributed by atoms with Crippen LogP contribution in [0.4, 0.5) is 10.1 Å². The number of rotatable bonds is 3. The topological polar surface area (TPSA) is 75.5 Å². The number of nitrogens with one attached hydrogen (secondary N) is 1. The molecule has 7 heteroatoms. The van der Waals surface area contributed by atoms with Crippen LogP contribution in [0, 0.1) is 15.9 Å². The third-order valence-corrected chi connectivity index (χ3v) is 3.56. The van der Waals surface area contributed by atoms with Crippen LogP contribution in [0.15, 0.2) is 18.2 Å². The second-order valence-corrected chi connectivity index (χ2v) is 4.82. The Hall–Kier alpha value is -2.02. The summed E-state index contributed by atoms with van der Waals surface area (Å²) in [5, 5.41) is 14.1. The fourth-order valence-electron chi connectivity index (χ4n) is 2.39. The van der Waals surface area contributed by atoms with E-state index in [0.29, 0.717) is 0 Å². The number of carbonyl (C=O) groups is 1. The van der Waals surface area contributed by atoms with Gasteiger partial charge < -0.3 is 10.2 Å². The lowest BCUT2D eigenvalue weighted by molar-refractivity contribution is -0.385. The highest BCUT2D eigenvalue weighted by molar-refractivity contribution is 5.98. The molecule has 0 aliphatic carbocycles. The molecule has 1 N–H and O–H groups in total. The maximum absolute atomic E-state index is 13.1. The summed E-state index contributed by atoms with van der Waals surface area (Å²) >= 11 is 0. The Morgan fingerprint density at radius 1 is 1.45 bits per heavy atom. The zero-order chi connectivity index (χ0) is 14.7. The van der Waals surface area contributed by atoms with E-state index in [9.17, 15) is 19.3 Å². The minimum absolute atomic E-state index is 0.0495. The van der Waals surface area contributed by atoms with Crippen LogP contribution in [0.25, 0.3) is 0 Å². The molecule has 1 saturated heterocycles. The van der Waals surface area contributed by atoms with E-state index in [-0.39, 0.29) is 11.6 Å². The first kappa shape index (κ1) is 14.4. The highest BCUT2D eigenvalue weighted by Gasteiger charge is 2.28. The van der Waals surface area contributed by atoms with Crippen molar-refractivity contribution in [3.8, 4) is 0 Å². The lowest BCUT2D eigenvalue weighted by Crippen LogP contribution is -2.44. The van der Waals surface area contributed by atoms with Crippen LogP contribution in [0.5, 0.6) is 0 Å². The van der Waals surface area contributed by atoms with Gasteiger partial charge in [0.15, 0.2) is 0 Å². The molecule has 1 aromatic rings. The van der Waals surface area contributed by atoms with E-state index in [1.807, 2.05) is 0 Å². The summed E-state index contributed by atoms with van der Waals surface area (Å²) in [6.07, 6.45) is 1.61. The van der Waals surface area contributed by atoms with Crippen molar-refractivity contribution in [3.63, 3.8) is 0 Å². The maximum Gasteiger partial charge on any atom is 0.285 e. The number of benzene rings is 1. The molecule has 0 bridgehead atoms. The van der Waals surface area contributed by atoms with Gasteiger partial charge in [0, 0.05) is 13.1 Å². The number of nitrogens with zero attached hydrogens (tertiary/aromatic N) is 2. The average Bonchev–Trinajstić information content (AvgIpc) is 2.46. The van der Waals surface area contributed by atoms with Crippen molar-refractivity contribution in [2.24, 2.45) is 0 Å². The zero-order valence-corrected chi connectivity index (χ0v) is 11.1. The lowest BCUT2D eigenvalue weighted by atomic mass is 10.0. The predicted molar refractivity (Wildman–Crippen MR) is 71.0 cm³/mol. The van der Waals surface area contributed by atoms with Crippen LogP contribution in [-0.4, -0.2) is 41.9 Å². The van der Waals surface area contributed by atoms with Gasteiger partial charge in [0.1, 0.15) is 11.4 Å². The van der Waals surface area contributed by atoms with Crippen molar-refractivity contribution < 1.29 is 14.1 Å². The fourth-order valence-corrected chi connectivity index (χ4v) is 2.39. The summed E-state index contributed by atoms with van der Waals surface area (Å²) in [6.45, 7) is 1.63. The molecular weight excluding hydrogens is 265 g/mol. The van der Waals surface area contributed by atoms with Gasteiger partial charge in [-0.05, 0) is 38.1 Å². The summed E-state index contributed by atoms with van der Waals surface area (Å²) in [4.78, 5) is 24.1. The molecule has 2 rings (SSSR count). The number of nitro benzene ring substituents is 1. The Bertz CT molecular complexity index is 530. The number of nitro groups is 1. The Kier molecular flexibility index (Phi) is 4.29. The first-order chi connectivity index (χ1) is 9.50. The SMILES string of the molecule is CN(C(=O)c1ccc(F)cc1[N+](=O)[O-])C1CCNCC1. The molecule has 0 radical (unpaired) electrons. The Labute approximate surface area is 115 Å². The number of hydrogen-bond acceptors (Lipinski definition) is 4. The standard InChI is InChI=1S/C13H16FN3O3/c1-16(10-4-6-15-7-5-10)13(18)11-3-2-9(14)8-12(11)17(19)20/h2-3,8,10,15H,4-7H2,1H3. The molecule has 0 aromatic heterocycles. The molecule has 1 aliphatic rings. The Morgan fingerprint density at radius 3 is 2.70 bits per heavy atom. The largest absolute Gasteiger partial charge is 0.338 e. The van der Waals surface area contributed by atoms with Gasteiger partial charge in [-0.1, -0.05) is 0 Å². The molecule has 6 nitrogen and oxygen atoms in total. The molecule has 0 atom stereocenters. The van der Waals surface area contributed by atoms with Crippen LogP contribution >= 0.6 is 0 Å². The van der Waals surface area contributed by atoms with Crippen molar-refractivity contribution in [1.82, 2.24) is 10.2 Å². The molecule has 20 heavy (non-hydrogen) atoms. The summed E-state index contributed by atoms with van der Waals surface area (Å²) in [6, 6.07) is 3.07. The maximum atomic E-state index is 13.1. The van der Waals surface area contributed by atoms with Gasteiger partial charge in [-0.3, -0.25) is 14.9 Å². The van der Waals surface area contributed by atoms with E-state index >= 15 is 0 Å². The van der Waals surface area contributed by atoms with E-state index in [1.165, 1.54) is 11.0 Å². The molecule has 108 valence electrons. The van der Waals surface area contributed by atoms with E-state index in [1.54, 1.807) is 7.05 Å². The molecule has 1 heterocycles. The van der Waals surface area contributed by atoms with E-state index < -0.39 is 22.3 Å². The van der Waals surface area contributed by atoms with Crippen LogP contribution in [0.2, 0.25) is 0 Å². The molecule has 1 aliphatic heterocycles. The van der Waals surface area contributed by atoms with Gasteiger partial charge in [0.05, 0.1) is 11.0 Å². The van der Waals surface area contributed by atoms with Crippen molar-refractivity contribution in [2.75, 3.05) is 20.1 Å². The number of amides is 1. The van der Waals surface area contributed by atoms with Crippen LogP contribution in [-0.2, 0) is 0 Å². The number of piperidine rings is 1. The van der Waals surface area contributed by atoms with Gasteiger partial charge in [0.2, 0.25) is 0 Å². The number of halogens is 1.